The third-order valence-corrected chi connectivity index (χ3v) is 3.63. The second kappa shape index (κ2) is 5.03. The van der Waals surface area contributed by atoms with Gasteiger partial charge in [-0.2, -0.15) is 12.7 Å². The van der Waals surface area contributed by atoms with E-state index in [4.69, 9.17) is 4.74 Å². The van der Waals surface area contributed by atoms with Crippen molar-refractivity contribution < 1.29 is 21.8 Å². The summed E-state index contributed by atoms with van der Waals surface area (Å²) in [4.78, 5) is 11.5. The van der Waals surface area contributed by atoms with Crippen LogP contribution in [-0.2, 0) is 26.5 Å². The molecule has 0 saturated carbocycles. The number of nitrogens with zero attached hydrogens (tertiary/aromatic N) is 1. The maximum Gasteiger partial charge on any atom is 0.374 e. The van der Waals surface area contributed by atoms with Gasteiger partial charge in [0, 0.05) is 13.1 Å². The predicted octanol–water partition coefficient (Wildman–Crippen LogP) is 0.876. The summed E-state index contributed by atoms with van der Waals surface area (Å²) in [6.45, 7) is -0.155. The molecule has 0 spiro atoms. The van der Waals surface area contributed by atoms with Crippen LogP contribution in [0.25, 0.3) is 0 Å². The van der Waals surface area contributed by atoms with Gasteiger partial charge in [-0.15, -0.1) is 0 Å². The average molecular weight is 273 g/mol. The number of rotatable bonds is 4. The van der Waals surface area contributed by atoms with Gasteiger partial charge in [0.2, 0.25) is 0 Å². The van der Waals surface area contributed by atoms with Gasteiger partial charge >= 0.3 is 16.4 Å². The fraction of sp³-hybridized carbons (Fsp3) is 0.364. The maximum atomic E-state index is 12.5. The van der Waals surface area contributed by atoms with Gasteiger partial charge in [0.15, 0.2) is 0 Å². The quantitative estimate of drug-likeness (QED) is 0.603. The monoisotopic (exact) mass is 273 g/mol. The normalized spacial score (nSPS) is 17.2. The molecule has 1 heterocycles. The molecule has 0 unspecified atom stereocenters. The molecular weight excluding hydrogens is 261 g/mol. The third kappa shape index (κ3) is 3.05. The third-order valence-electron chi connectivity index (χ3n) is 2.71. The number of benzene rings is 1. The molecule has 2 rings (SSSR count). The Balaban J connectivity index is 1.78. The molecule has 1 fully saturated rings. The van der Waals surface area contributed by atoms with Gasteiger partial charge in [-0.3, -0.25) is 4.79 Å². The summed E-state index contributed by atoms with van der Waals surface area (Å²) >= 11 is 0. The highest BCUT2D eigenvalue weighted by molar-refractivity contribution is 7.84. The SMILES string of the molecule is O=C(OCc1ccccc1)C1CN(S(=O)(=O)F)C1. The summed E-state index contributed by atoms with van der Waals surface area (Å²) in [6, 6.07) is 9.12. The van der Waals surface area contributed by atoms with Crippen LogP contribution < -0.4 is 0 Å². The Hall–Kier alpha value is -1.47. The fourth-order valence-corrected chi connectivity index (χ4v) is 2.33. The molecule has 0 bridgehead atoms. The van der Waals surface area contributed by atoms with Crippen LogP contribution in [0.3, 0.4) is 0 Å². The lowest BCUT2D eigenvalue weighted by Gasteiger charge is -2.33. The molecule has 98 valence electrons. The van der Waals surface area contributed by atoms with Crippen LogP contribution in [0.1, 0.15) is 5.56 Å². The fourth-order valence-electron chi connectivity index (χ4n) is 1.61. The molecule has 0 radical (unpaired) electrons. The van der Waals surface area contributed by atoms with Gasteiger partial charge in [0.25, 0.3) is 0 Å². The van der Waals surface area contributed by atoms with Crippen molar-refractivity contribution in [2.45, 2.75) is 6.61 Å². The van der Waals surface area contributed by atoms with E-state index in [1.807, 2.05) is 30.3 Å². The molecule has 1 aromatic carbocycles. The van der Waals surface area contributed by atoms with E-state index in [2.05, 4.69) is 0 Å². The molecule has 0 N–H and O–H groups in total. The molecule has 1 saturated heterocycles. The number of hydrogen-bond acceptors (Lipinski definition) is 4. The van der Waals surface area contributed by atoms with Gasteiger partial charge in [-0.1, -0.05) is 34.2 Å². The first-order valence-corrected chi connectivity index (χ1v) is 6.71. The molecular formula is C11H12FNO4S. The lowest BCUT2D eigenvalue weighted by molar-refractivity contribution is -0.153. The molecule has 7 heteroatoms. The van der Waals surface area contributed by atoms with Crippen LogP contribution in [0.15, 0.2) is 30.3 Å². The Bertz CT molecular complexity index is 525. The van der Waals surface area contributed by atoms with Crippen LogP contribution in [-0.4, -0.2) is 31.8 Å². The zero-order chi connectivity index (χ0) is 13.2. The standard InChI is InChI=1S/C11H12FNO4S/c12-18(15,16)13-6-10(7-13)11(14)17-8-9-4-2-1-3-5-9/h1-5,10H,6-8H2. The van der Waals surface area contributed by atoms with E-state index in [9.17, 15) is 17.1 Å². The first-order chi connectivity index (χ1) is 8.47. The molecule has 1 aliphatic rings. The van der Waals surface area contributed by atoms with E-state index in [-0.39, 0.29) is 19.7 Å². The van der Waals surface area contributed by atoms with E-state index >= 15 is 0 Å². The van der Waals surface area contributed by atoms with E-state index in [0.29, 0.717) is 4.31 Å². The van der Waals surface area contributed by atoms with E-state index in [0.717, 1.165) is 5.56 Å². The summed E-state index contributed by atoms with van der Waals surface area (Å²) < 4.78 is 39.0. The summed E-state index contributed by atoms with van der Waals surface area (Å²) in [5.41, 5.74) is 0.847. The number of halogens is 1. The molecule has 5 nitrogen and oxygen atoms in total. The second-order valence-corrected chi connectivity index (χ2v) is 5.39. The van der Waals surface area contributed by atoms with Crippen molar-refractivity contribution >= 4 is 16.4 Å². The minimum atomic E-state index is -4.67. The average Bonchev–Trinajstić information content (AvgIpc) is 2.24. The van der Waals surface area contributed by atoms with E-state index in [1.54, 1.807) is 0 Å². The van der Waals surface area contributed by atoms with Crippen molar-refractivity contribution in [1.82, 2.24) is 4.31 Å². The lowest BCUT2D eigenvalue weighted by atomic mass is 10.0. The van der Waals surface area contributed by atoms with Gasteiger partial charge in [0.05, 0.1) is 5.92 Å². The first-order valence-electron chi connectivity index (χ1n) is 5.37. The highest BCUT2D eigenvalue weighted by Crippen LogP contribution is 2.21. The Labute approximate surface area is 105 Å². The Morgan fingerprint density at radius 2 is 1.94 bits per heavy atom. The maximum absolute atomic E-state index is 12.5. The van der Waals surface area contributed by atoms with Crippen LogP contribution >= 0.6 is 0 Å². The van der Waals surface area contributed by atoms with E-state index < -0.39 is 22.3 Å². The highest BCUT2D eigenvalue weighted by Gasteiger charge is 2.40. The van der Waals surface area contributed by atoms with Crippen molar-refractivity contribution in [3.8, 4) is 0 Å². The molecule has 1 aliphatic heterocycles. The van der Waals surface area contributed by atoms with Gasteiger partial charge in [0.1, 0.15) is 6.61 Å². The zero-order valence-corrected chi connectivity index (χ0v) is 10.3. The molecule has 0 amide bonds. The number of carbonyl (C=O) groups is 1. The van der Waals surface area contributed by atoms with Crippen LogP contribution in [0.5, 0.6) is 0 Å². The number of ether oxygens (including phenoxy) is 1. The molecule has 0 atom stereocenters. The zero-order valence-electron chi connectivity index (χ0n) is 9.45. The van der Waals surface area contributed by atoms with Crippen molar-refractivity contribution in [1.29, 1.82) is 0 Å². The largest absolute Gasteiger partial charge is 0.461 e. The number of hydrogen-bond donors (Lipinski definition) is 0. The molecule has 0 aliphatic carbocycles. The second-order valence-electron chi connectivity index (χ2n) is 4.05. The van der Waals surface area contributed by atoms with Crippen LogP contribution in [0.4, 0.5) is 3.89 Å². The highest BCUT2D eigenvalue weighted by atomic mass is 32.3. The van der Waals surface area contributed by atoms with Crippen molar-refractivity contribution in [2.75, 3.05) is 13.1 Å². The minimum absolute atomic E-state index is 0.137. The van der Waals surface area contributed by atoms with E-state index in [1.165, 1.54) is 0 Å². The Kier molecular flexibility index (Phi) is 3.63. The summed E-state index contributed by atoms with van der Waals surface area (Å²) in [5, 5.41) is 0. The van der Waals surface area contributed by atoms with Gasteiger partial charge < -0.3 is 4.74 Å². The predicted molar refractivity (Wildman–Crippen MR) is 61.3 cm³/mol. The van der Waals surface area contributed by atoms with Crippen molar-refractivity contribution in [3.05, 3.63) is 35.9 Å². The summed E-state index contributed by atoms with van der Waals surface area (Å²) in [7, 11) is -4.67. The number of esters is 1. The lowest BCUT2D eigenvalue weighted by Crippen LogP contribution is -2.52. The minimum Gasteiger partial charge on any atom is -0.461 e. The van der Waals surface area contributed by atoms with Crippen LogP contribution in [0.2, 0.25) is 0 Å². The van der Waals surface area contributed by atoms with Crippen molar-refractivity contribution in [3.63, 3.8) is 0 Å². The molecule has 0 aromatic heterocycles. The molecule has 18 heavy (non-hydrogen) atoms. The van der Waals surface area contributed by atoms with Crippen LogP contribution in [0, 0.1) is 5.92 Å². The van der Waals surface area contributed by atoms with Crippen molar-refractivity contribution in [2.24, 2.45) is 5.92 Å². The Morgan fingerprint density at radius 3 is 2.50 bits per heavy atom. The topological polar surface area (TPSA) is 63.7 Å². The molecule has 1 aromatic rings. The van der Waals surface area contributed by atoms with Gasteiger partial charge in [-0.25, -0.2) is 0 Å². The van der Waals surface area contributed by atoms with Gasteiger partial charge in [-0.05, 0) is 5.56 Å². The number of carbonyl (C=O) groups excluding carboxylic acids is 1. The first kappa shape index (κ1) is 13.0. The summed E-state index contributed by atoms with van der Waals surface area (Å²) in [5.74, 6) is -1.07. The summed E-state index contributed by atoms with van der Waals surface area (Å²) in [6.07, 6.45) is 0. The Morgan fingerprint density at radius 1 is 1.33 bits per heavy atom. The smallest absolute Gasteiger partial charge is 0.374 e.